The largest absolute Gasteiger partial charge is 0.466 e. The molecule has 0 radical (unpaired) electrons. The molecule has 0 aromatic heterocycles. The topological polar surface area (TPSA) is 92.8 Å². The van der Waals surface area contributed by atoms with Crippen LogP contribution in [0.5, 0.6) is 0 Å². The highest BCUT2D eigenvalue weighted by Gasteiger charge is 2.61. The van der Waals surface area contributed by atoms with Crippen molar-refractivity contribution in [3.05, 3.63) is 0 Å². The summed E-state index contributed by atoms with van der Waals surface area (Å²) in [5.74, 6) is -1.29. The molecular weight excluding hydrogens is 252 g/mol. The number of rotatable bonds is 5. The Labute approximate surface area is 110 Å². The molecule has 0 aromatic carbocycles. The van der Waals surface area contributed by atoms with Crippen molar-refractivity contribution in [2.24, 2.45) is 5.41 Å². The highest BCUT2D eigenvalue weighted by molar-refractivity contribution is 6.20. The van der Waals surface area contributed by atoms with E-state index < -0.39 is 23.3 Å². The van der Waals surface area contributed by atoms with Crippen molar-refractivity contribution < 1.29 is 23.9 Å². The Balaban J connectivity index is 1.89. The number of carbonyl (C=O) groups excluding carboxylic acids is 4. The van der Waals surface area contributed by atoms with Gasteiger partial charge in [-0.25, -0.2) is 4.79 Å². The maximum Gasteiger partial charge on any atom is 0.330 e. The molecule has 0 aromatic rings. The van der Waals surface area contributed by atoms with Crippen molar-refractivity contribution in [2.75, 3.05) is 13.2 Å². The van der Waals surface area contributed by atoms with Crippen LogP contribution in [0.4, 0.5) is 4.79 Å². The van der Waals surface area contributed by atoms with E-state index in [9.17, 15) is 19.2 Å². The Morgan fingerprint density at radius 3 is 2.63 bits per heavy atom. The van der Waals surface area contributed by atoms with Gasteiger partial charge in [0.15, 0.2) is 0 Å². The summed E-state index contributed by atoms with van der Waals surface area (Å²) in [5.41, 5.74) is -1.02. The Hall–Kier alpha value is -1.92. The zero-order chi connectivity index (χ0) is 14.0. The number of ether oxygens (including phenoxy) is 1. The standard InChI is InChI=1S/C12H16N2O5/c1-2-19-8(15)4-3-7-14-10(17)12(5-6-12)9(16)13-11(14)18/h2-7H2,1H3,(H,13,16,18). The molecule has 0 unspecified atom stereocenters. The molecule has 2 fully saturated rings. The number of hydrogen-bond donors (Lipinski definition) is 1. The van der Waals surface area contributed by atoms with E-state index in [1.165, 1.54) is 0 Å². The average Bonchev–Trinajstić information content (AvgIpc) is 3.13. The van der Waals surface area contributed by atoms with Crippen LogP contribution in [0.25, 0.3) is 0 Å². The van der Waals surface area contributed by atoms with E-state index in [0.717, 1.165) is 4.90 Å². The van der Waals surface area contributed by atoms with Crippen molar-refractivity contribution in [1.82, 2.24) is 10.2 Å². The van der Waals surface area contributed by atoms with E-state index in [2.05, 4.69) is 5.32 Å². The van der Waals surface area contributed by atoms with Crippen molar-refractivity contribution >= 4 is 23.8 Å². The van der Waals surface area contributed by atoms with E-state index in [4.69, 9.17) is 4.74 Å². The van der Waals surface area contributed by atoms with E-state index in [1.807, 2.05) is 0 Å². The van der Waals surface area contributed by atoms with E-state index in [0.29, 0.717) is 25.9 Å². The number of nitrogens with one attached hydrogen (secondary N) is 1. The molecule has 0 atom stereocenters. The molecule has 1 saturated heterocycles. The van der Waals surface area contributed by atoms with Gasteiger partial charge in [-0.3, -0.25) is 24.6 Å². The summed E-state index contributed by atoms with van der Waals surface area (Å²) in [7, 11) is 0. The lowest BCUT2D eigenvalue weighted by Gasteiger charge is -2.30. The summed E-state index contributed by atoms with van der Waals surface area (Å²) < 4.78 is 4.76. The predicted octanol–water partition coefficient (Wildman–Crippen LogP) is 0.188. The summed E-state index contributed by atoms with van der Waals surface area (Å²) in [6.07, 6.45) is 1.45. The lowest BCUT2D eigenvalue weighted by Crippen LogP contribution is -2.59. The van der Waals surface area contributed by atoms with Crippen molar-refractivity contribution in [3.8, 4) is 0 Å². The third-order valence-corrected chi connectivity index (χ3v) is 3.37. The molecule has 19 heavy (non-hydrogen) atoms. The van der Waals surface area contributed by atoms with E-state index >= 15 is 0 Å². The molecular formula is C12H16N2O5. The van der Waals surface area contributed by atoms with Gasteiger partial charge in [0.2, 0.25) is 11.8 Å². The second-order valence-corrected chi connectivity index (χ2v) is 4.71. The number of barbiturate groups is 1. The van der Waals surface area contributed by atoms with Crippen LogP contribution in [0, 0.1) is 5.41 Å². The molecule has 1 heterocycles. The summed E-state index contributed by atoms with van der Waals surface area (Å²) >= 11 is 0. The molecule has 1 spiro atoms. The van der Waals surface area contributed by atoms with Crippen LogP contribution in [0.1, 0.15) is 32.6 Å². The summed E-state index contributed by atoms with van der Waals surface area (Å²) in [6, 6.07) is -0.698. The van der Waals surface area contributed by atoms with Crippen LogP contribution in [-0.4, -0.2) is 41.9 Å². The SMILES string of the molecule is CCOC(=O)CCCN1C(=O)NC(=O)C2(CC2)C1=O. The minimum absolute atomic E-state index is 0.124. The fourth-order valence-corrected chi connectivity index (χ4v) is 2.12. The molecule has 1 aliphatic carbocycles. The molecule has 1 N–H and O–H groups in total. The monoisotopic (exact) mass is 268 g/mol. The van der Waals surface area contributed by atoms with Gasteiger partial charge in [-0.2, -0.15) is 0 Å². The van der Waals surface area contributed by atoms with Gasteiger partial charge in [-0.1, -0.05) is 0 Å². The quantitative estimate of drug-likeness (QED) is 0.567. The number of urea groups is 1. The second kappa shape index (κ2) is 4.99. The lowest BCUT2D eigenvalue weighted by molar-refractivity contribution is -0.146. The zero-order valence-corrected chi connectivity index (χ0v) is 10.7. The smallest absolute Gasteiger partial charge is 0.330 e. The first kappa shape index (κ1) is 13.5. The fraction of sp³-hybridized carbons (Fsp3) is 0.667. The molecule has 7 nitrogen and oxygen atoms in total. The maximum absolute atomic E-state index is 12.1. The van der Waals surface area contributed by atoms with Crippen molar-refractivity contribution in [2.45, 2.75) is 32.6 Å². The molecule has 2 rings (SSSR count). The highest BCUT2D eigenvalue weighted by Crippen LogP contribution is 2.48. The van der Waals surface area contributed by atoms with E-state index in [-0.39, 0.29) is 18.9 Å². The van der Waals surface area contributed by atoms with Gasteiger partial charge in [0.25, 0.3) is 0 Å². The highest BCUT2D eigenvalue weighted by atomic mass is 16.5. The molecule has 4 amide bonds. The third kappa shape index (κ3) is 2.45. The van der Waals surface area contributed by atoms with Crippen molar-refractivity contribution in [1.29, 1.82) is 0 Å². The Bertz CT molecular complexity index is 441. The van der Waals surface area contributed by atoms with Gasteiger partial charge in [0.05, 0.1) is 6.61 Å². The molecule has 2 aliphatic rings. The number of hydrogen-bond acceptors (Lipinski definition) is 5. The first-order valence-electron chi connectivity index (χ1n) is 6.34. The molecule has 0 bridgehead atoms. The van der Waals surface area contributed by atoms with Crippen LogP contribution in [0.3, 0.4) is 0 Å². The Morgan fingerprint density at radius 2 is 2.05 bits per heavy atom. The van der Waals surface area contributed by atoms with Crippen LogP contribution in [-0.2, 0) is 19.1 Å². The number of esters is 1. The minimum Gasteiger partial charge on any atom is -0.466 e. The molecule has 104 valence electrons. The third-order valence-electron chi connectivity index (χ3n) is 3.37. The predicted molar refractivity (Wildman–Crippen MR) is 62.8 cm³/mol. The zero-order valence-electron chi connectivity index (χ0n) is 10.7. The number of carbonyl (C=O) groups is 4. The summed E-state index contributed by atoms with van der Waals surface area (Å²) in [4.78, 5) is 47.4. The van der Waals surface area contributed by atoms with Gasteiger partial charge in [0.1, 0.15) is 5.41 Å². The van der Waals surface area contributed by atoms with Crippen molar-refractivity contribution in [3.63, 3.8) is 0 Å². The summed E-state index contributed by atoms with van der Waals surface area (Å²) in [6.45, 7) is 2.14. The molecule has 1 aliphatic heterocycles. The first-order chi connectivity index (χ1) is 9.01. The number of amides is 4. The lowest BCUT2D eigenvalue weighted by atomic mass is 10.0. The van der Waals surface area contributed by atoms with Gasteiger partial charge in [0, 0.05) is 13.0 Å². The Kier molecular flexibility index (Phi) is 3.55. The fourth-order valence-electron chi connectivity index (χ4n) is 2.12. The van der Waals surface area contributed by atoms with Crippen LogP contribution in [0.2, 0.25) is 0 Å². The van der Waals surface area contributed by atoms with E-state index in [1.54, 1.807) is 6.92 Å². The van der Waals surface area contributed by atoms with Crippen LogP contribution < -0.4 is 5.32 Å². The minimum atomic E-state index is -1.02. The molecule has 7 heteroatoms. The summed E-state index contributed by atoms with van der Waals surface area (Å²) in [5, 5.41) is 2.19. The van der Waals surface area contributed by atoms with Crippen LogP contribution >= 0.6 is 0 Å². The molecule has 1 saturated carbocycles. The maximum atomic E-state index is 12.1. The second-order valence-electron chi connectivity index (χ2n) is 4.71. The van der Waals surface area contributed by atoms with Crippen LogP contribution in [0.15, 0.2) is 0 Å². The van der Waals surface area contributed by atoms with Gasteiger partial charge >= 0.3 is 12.0 Å². The van der Waals surface area contributed by atoms with Gasteiger partial charge in [-0.05, 0) is 26.2 Å². The van der Waals surface area contributed by atoms with Gasteiger partial charge < -0.3 is 4.74 Å². The van der Waals surface area contributed by atoms with Gasteiger partial charge in [-0.15, -0.1) is 0 Å². The first-order valence-corrected chi connectivity index (χ1v) is 6.34. The Morgan fingerprint density at radius 1 is 1.37 bits per heavy atom. The normalized spacial score (nSPS) is 20.5. The average molecular weight is 268 g/mol. The number of nitrogens with zero attached hydrogens (tertiary/aromatic N) is 1. The number of imide groups is 2.